The van der Waals surface area contributed by atoms with E-state index in [1.165, 1.54) is 20.3 Å². The smallest absolute Gasteiger partial charge is 0.277 e. The number of amides is 2. The molecule has 1 aromatic carbocycles. The van der Waals surface area contributed by atoms with Gasteiger partial charge in [0.25, 0.3) is 11.8 Å². The highest BCUT2D eigenvalue weighted by Gasteiger charge is 2.31. The van der Waals surface area contributed by atoms with Gasteiger partial charge < -0.3 is 19.9 Å². The number of methoxy groups -OCH3 is 2. The van der Waals surface area contributed by atoms with E-state index in [1.807, 2.05) is 0 Å². The highest BCUT2D eigenvalue weighted by molar-refractivity contribution is 6.32. The number of carbonyl (C=O) groups excluding carboxylic acids is 2. The highest BCUT2D eigenvalue weighted by Crippen LogP contribution is 2.36. The SMILES string of the molecule is COc1cc(OC)c(NC2=CC(=O)N(CCO)C2=O)cc1Cl. The summed E-state index contributed by atoms with van der Waals surface area (Å²) < 4.78 is 10.3. The van der Waals surface area contributed by atoms with Gasteiger partial charge in [-0.15, -0.1) is 0 Å². The van der Waals surface area contributed by atoms with Crippen LogP contribution in [0.3, 0.4) is 0 Å². The number of β-amino-alcohol motifs (C(OH)–C–C–N with tert-alkyl or cyclic N) is 1. The van der Waals surface area contributed by atoms with Crippen LogP contribution in [-0.2, 0) is 9.59 Å². The average molecular weight is 327 g/mol. The molecular weight excluding hydrogens is 312 g/mol. The van der Waals surface area contributed by atoms with E-state index >= 15 is 0 Å². The Kier molecular flexibility index (Phi) is 4.89. The van der Waals surface area contributed by atoms with Gasteiger partial charge in [0, 0.05) is 12.1 Å². The third-order valence-corrected chi connectivity index (χ3v) is 3.37. The van der Waals surface area contributed by atoms with Gasteiger partial charge in [0.2, 0.25) is 0 Å². The summed E-state index contributed by atoms with van der Waals surface area (Å²) in [5, 5.41) is 12.0. The van der Waals surface area contributed by atoms with Crippen molar-refractivity contribution in [2.24, 2.45) is 0 Å². The zero-order chi connectivity index (χ0) is 16.3. The Balaban J connectivity index is 2.28. The molecule has 2 N–H and O–H groups in total. The van der Waals surface area contributed by atoms with Crippen molar-refractivity contribution in [2.75, 3.05) is 32.7 Å². The molecule has 0 spiro atoms. The minimum absolute atomic E-state index is 0.0557. The molecule has 22 heavy (non-hydrogen) atoms. The number of hydrogen-bond donors (Lipinski definition) is 2. The van der Waals surface area contributed by atoms with Gasteiger partial charge in [-0.2, -0.15) is 0 Å². The molecule has 1 heterocycles. The van der Waals surface area contributed by atoms with Crippen molar-refractivity contribution >= 4 is 29.1 Å². The fraction of sp³-hybridized carbons (Fsp3) is 0.286. The van der Waals surface area contributed by atoms with E-state index in [0.717, 1.165) is 11.0 Å². The molecule has 0 unspecified atom stereocenters. The number of imide groups is 1. The second-order valence-corrected chi connectivity index (χ2v) is 4.80. The van der Waals surface area contributed by atoms with Gasteiger partial charge in [-0.3, -0.25) is 14.5 Å². The maximum Gasteiger partial charge on any atom is 0.277 e. The molecule has 0 saturated carbocycles. The number of hydrogen-bond acceptors (Lipinski definition) is 6. The van der Waals surface area contributed by atoms with E-state index < -0.39 is 11.8 Å². The quantitative estimate of drug-likeness (QED) is 0.759. The minimum atomic E-state index is -0.520. The summed E-state index contributed by atoms with van der Waals surface area (Å²) in [5.74, 6) is -0.176. The lowest BCUT2D eigenvalue weighted by Gasteiger charge is -2.15. The number of nitrogens with zero attached hydrogens (tertiary/aromatic N) is 1. The zero-order valence-corrected chi connectivity index (χ0v) is 12.8. The number of benzene rings is 1. The van der Waals surface area contributed by atoms with Gasteiger partial charge in [0.1, 0.15) is 17.2 Å². The van der Waals surface area contributed by atoms with Crippen LogP contribution in [0.15, 0.2) is 23.9 Å². The van der Waals surface area contributed by atoms with Crippen LogP contribution >= 0.6 is 11.6 Å². The molecule has 0 radical (unpaired) electrons. The van der Waals surface area contributed by atoms with E-state index in [2.05, 4.69) is 5.32 Å². The number of aliphatic hydroxyl groups excluding tert-OH is 1. The van der Waals surface area contributed by atoms with E-state index in [0.29, 0.717) is 22.2 Å². The predicted octanol–water partition coefficient (Wildman–Crippen LogP) is 1.01. The molecule has 0 atom stereocenters. The molecule has 1 aromatic rings. The molecule has 7 nitrogen and oxygen atoms in total. The van der Waals surface area contributed by atoms with Crippen LogP contribution in [0, 0.1) is 0 Å². The van der Waals surface area contributed by atoms with Crippen LogP contribution in [0.2, 0.25) is 5.02 Å². The van der Waals surface area contributed by atoms with E-state index in [1.54, 1.807) is 6.07 Å². The number of aliphatic hydroxyl groups is 1. The Morgan fingerprint density at radius 1 is 1.23 bits per heavy atom. The van der Waals surface area contributed by atoms with Crippen LogP contribution in [0.5, 0.6) is 11.5 Å². The molecule has 0 aromatic heterocycles. The van der Waals surface area contributed by atoms with Crippen molar-refractivity contribution in [1.82, 2.24) is 4.90 Å². The summed E-state index contributed by atoms with van der Waals surface area (Å²) in [6.45, 7) is -0.351. The van der Waals surface area contributed by atoms with Gasteiger partial charge >= 0.3 is 0 Å². The summed E-state index contributed by atoms with van der Waals surface area (Å²) in [6, 6.07) is 3.10. The molecule has 2 amide bonds. The Morgan fingerprint density at radius 2 is 1.91 bits per heavy atom. The van der Waals surface area contributed by atoms with Crippen LogP contribution in [0.4, 0.5) is 5.69 Å². The van der Waals surface area contributed by atoms with E-state index in [9.17, 15) is 9.59 Å². The maximum absolute atomic E-state index is 12.1. The van der Waals surface area contributed by atoms with Crippen molar-refractivity contribution < 1.29 is 24.2 Å². The first-order valence-electron chi connectivity index (χ1n) is 6.38. The molecule has 0 aliphatic carbocycles. The first-order chi connectivity index (χ1) is 10.5. The number of rotatable bonds is 6. The lowest BCUT2D eigenvalue weighted by atomic mass is 10.2. The summed E-state index contributed by atoms with van der Waals surface area (Å²) in [5.41, 5.74) is 0.504. The molecular formula is C14H15ClN2O5. The van der Waals surface area contributed by atoms with Crippen LogP contribution in [0.25, 0.3) is 0 Å². The highest BCUT2D eigenvalue weighted by atomic mass is 35.5. The van der Waals surface area contributed by atoms with Crippen molar-refractivity contribution in [3.8, 4) is 11.5 Å². The van der Waals surface area contributed by atoms with Gasteiger partial charge in [0.15, 0.2) is 0 Å². The molecule has 0 saturated heterocycles. The Bertz CT molecular complexity index is 644. The van der Waals surface area contributed by atoms with Gasteiger partial charge in [0.05, 0.1) is 38.1 Å². The van der Waals surface area contributed by atoms with Gasteiger partial charge in [-0.25, -0.2) is 0 Å². The second-order valence-electron chi connectivity index (χ2n) is 4.39. The Morgan fingerprint density at radius 3 is 2.50 bits per heavy atom. The average Bonchev–Trinajstić information content (AvgIpc) is 2.75. The van der Waals surface area contributed by atoms with E-state index in [-0.39, 0.29) is 18.8 Å². The fourth-order valence-corrected chi connectivity index (χ4v) is 2.25. The van der Waals surface area contributed by atoms with Crippen LogP contribution in [-0.4, -0.2) is 49.2 Å². The van der Waals surface area contributed by atoms with Gasteiger partial charge in [-0.05, 0) is 6.07 Å². The largest absolute Gasteiger partial charge is 0.495 e. The molecule has 118 valence electrons. The molecule has 8 heteroatoms. The van der Waals surface area contributed by atoms with Crippen molar-refractivity contribution in [3.05, 3.63) is 28.9 Å². The predicted molar refractivity (Wildman–Crippen MR) is 80.1 cm³/mol. The molecule has 2 rings (SSSR count). The lowest BCUT2D eigenvalue weighted by Crippen LogP contribution is -2.34. The second kappa shape index (κ2) is 6.67. The summed E-state index contributed by atoms with van der Waals surface area (Å²) >= 11 is 6.05. The Labute approximate surface area is 132 Å². The number of ether oxygens (including phenoxy) is 2. The summed E-state index contributed by atoms with van der Waals surface area (Å²) in [7, 11) is 2.93. The molecule has 0 fully saturated rings. The van der Waals surface area contributed by atoms with Crippen molar-refractivity contribution in [3.63, 3.8) is 0 Å². The molecule has 1 aliphatic heterocycles. The molecule has 0 bridgehead atoms. The third kappa shape index (κ3) is 3.00. The monoisotopic (exact) mass is 326 g/mol. The summed E-state index contributed by atoms with van der Waals surface area (Å²) in [4.78, 5) is 24.7. The number of carbonyl (C=O) groups is 2. The number of anilines is 1. The normalized spacial score (nSPS) is 14.2. The van der Waals surface area contributed by atoms with Crippen LogP contribution < -0.4 is 14.8 Å². The van der Waals surface area contributed by atoms with E-state index in [4.69, 9.17) is 26.2 Å². The lowest BCUT2D eigenvalue weighted by molar-refractivity contribution is -0.137. The van der Waals surface area contributed by atoms with Gasteiger partial charge in [-0.1, -0.05) is 11.6 Å². The third-order valence-electron chi connectivity index (χ3n) is 3.08. The topological polar surface area (TPSA) is 88.1 Å². The fourth-order valence-electron chi connectivity index (χ4n) is 2.01. The minimum Gasteiger partial charge on any atom is -0.495 e. The molecule has 1 aliphatic rings. The maximum atomic E-state index is 12.1. The zero-order valence-electron chi connectivity index (χ0n) is 12.1. The first kappa shape index (κ1) is 16.1. The number of halogens is 1. The van der Waals surface area contributed by atoms with Crippen molar-refractivity contribution in [2.45, 2.75) is 0 Å². The Hall–Kier alpha value is -2.25. The first-order valence-corrected chi connectivity index (χ1v) is 6.76. The summed E-state index contributed by atoms with van der Waals surface area (Å²) in [6.07, 6.45) is 1.16. The standard InChI is InChI=1S/C14H15ClN2O5/c1-21-11-7-12(22-2)9(5-8(11)15)16-10-6-13(19)17(3-4-18)14(10)20/h5-7,16,18H,3-4H2,1-2H3. The van der Waals surface area contributed by atoms with Crippen molar-refractivity contribution in [1.29, 1.82) is 0 Å². The number of nitrogens with one attached hydrogen (secondary N) is 1. The van der Waals surface area contributed by atoms with Crippen LogP contribution in [0.1, 0.15) is 0 Å².